The van der Waals surface area contributed by atoms with Gasteiger partial charge in [-0.05, 0) is 17.5 Å². The second-order valence-electron chi connectivity index (χ2n) is 9.15. The molecular formula is C30H28N2O7. The number of hydrogen-bond acceptors (Lipinski definition) is 7. The van der Waals surface area contributed by atoms with Gasteiger partial charge in [0.15, 0.2) is 11.5 Å². The van der Waals surface area contributed by atoms with Crippen LogP contribution in [-0.2, 0) is 9.59 Å². The van der Waals surface area contributed by atoms with Crippen molar-refractivity contribution < 1.29 is 33.3 Å². The van der Waals surface area contributed by atoms with Crippen molar-refractivity contribution >= 4 is 28.6 Å². The fraction of sp³-hybridized carbons (Fsp3) is 0.233. The molecule has 5 rings (SSSR count). The molecule has 0 aliphatic carbocycles. The van der Waals surface area contributed by atoms with E-state index in [0.29, 0.717) is 45.2 Å². The number of nitrogens with one attached hydrogen (secondary N) is 2. The lowest BCUT2D eigenvalue weighted by Crippen LogP contribution is -2.34. The molecule has 0 spiro atoms. The summed E-state index contributed by atoms with van der Waals surface area (Å²) >= 11 is 0. The van der Waals surface area contributed by atoms with Gasteiger partial charge in [0.2, 0.25) is 5.75 Å². The minimum absolute atomic E-state index is 0.0398. The summed E-state index contributed by atoms with van der Waals surface area (Å²) in [5, 5.41) is 3.33. The summed E-state index contributed by atoms with van der Waals surface area (Å²) in [6.07, 6.45) is 0.214. The first kappa shape index (κ1) is 25.8. The Labute approximate surface area is 225 Å². The Morgan fingerprint density at radius 2 is 1.77 bits per heavy atom. The maximum Gasteiger partial charge on any atom is 0.311 e. The lowest BCUT2D eigenvalue weighted by molar-refractivity contribution is -0.135. The van der Waals surface area contributed by atoms with Crippen molar-refractivity contribution in [1.29, 1.82) is 0 Å². The van der Waals surface area contributed by atoms with E-state index in [2.05, 4.69) is 10.3 Å². The van der Waals surface area contributed by atoms with Gasteiger partial charge in [0, 0.05) is 22.5 Å². The molecule has 0 saturated carbocycles. The van der Waals surface area contributed by atoms with E-state index in [0.717, 1.165) is 11.1 Å². The van der Waals surface area contributed by atoms with Crippen molar-refractivity contribution in [3.8, 4) is 34.3 Å². The van der Waals surface area contributed by atoms with Gasteiger partial charge >= 0.3 is 5.97 Å². The number of para-hydroxylation sites is 1. The van der Waals surface area contributed by atoms with Crippen LogP contribution in [0.1, 0.15) is 35.2 Å². The van der Waals surface area contributed by atoms with Gasteiger partial charge in [0.05, 0.1) is 38.4 Å². The molecule has 1 amide bonds. The third-order valence-electron chi connectivity index (χ3n) is 6.65. The molecule has 4 aromatic rings. The molecule has 3 aromatic carbocycles. The summed E-state index contributed by atoms with van der Waals surface area (Å²) in [7, 11) is 2.96. The Morgan fingerprint density at radius 3 is 2.51 bits per heavy atom. The third kappa shape index (κ3) is 4.90. The fourth-order valence-electron chi connectivity index (χ4n) is 4.88. The largest absolute Gasteiger partial charge is 0.493 e. The molecule has 9 nitrogen and oxygen atoms in total. The SMILES string of the molecule is COc1cc2c(c(OC)c1OCCNC(=O)C(=O)c1c(-c3ccccc3)[nH]c3ccccc13)C(C)CC(=O)O2. The first-order valence-corrected chi connectivity index (χ1v) is 12.5. The van der Waals surface area contributed by atoms with Crippen LogP contribution in [-0.4, -0.2) is 50.0 Å². The minimum atomic E-state index is -0.745. The summed E-state index contributed by atoms with van der Waals surface area (Å²) in [4.78, 5) is 41.5. The van der Waals surface area contributed by atoms with E-state index in [1.165, 1.54) is 14.2 Å². The average molecular weight is 529 g/mol. The van der Waals surface area contributed by atoms with Crippen LogP contribution in [0.25, 0.3) is 22.2 Å². The molecule has 2 N–H and O–H groups in total. The first-order chi connectivity index (χ1) is 18.9. The summed E-state index contributed by atoms with van der Waals surface area (Å²) < 4.78 is 22.4. The number of ketones is 1. The molecule has 1 atom stereocenters. The van der Waals surface area contributed by atoms with Crippen LogP contribution in [0, 0.1) is 0 Å². The monoisotopic (exact) mass is 528 g/mol. The van der Waals surface area contributed by atoms with E-state index in [1.54, 1.807) is 6.07 Å². The number of carbonyl (C=O) groups excluding carboxylic acids is 3. The van der Waals surface area contributed by atoms with Gasteiger partial charge in [0.25, 0.3) is 11.7 Å². The lowest BCUT2D eigenvalue weighted by Gasteiger charge is -2.26. The van der Waals surface area contributed by atoms with Crippen LogP contribution in [0.2, 0.25) is 0 Å². The number of ether oxygens (including phenoxy) is 4. The topological polar surface area (TPSA) is 116 Å². The number of rotatable bonds is 9. The molecule has 1 unspecified atom stereocenters. The molecule has 1 aliphatic heterocycles. The van der Waals surface area contributed by atoms with Gasteiger partial charge in [-0.15, -0.1) is 0 Å². The molecule has 200 valence electrons. The van der Waals surface area contributed by atoms with Gasteiger partial charge in [0.1, 0.15) is 12.4 Å². The number of aromatic nitrogens is 1. The molecule has 2 heterocycles. The number of Topliss-reactive ketones (excluding diaryl/α,β-unsaturated/α-hetero) is 1. The van der Waals surface area contributed by atoms with E-state index in [-0.39, 0.29) is 31.5 Å². The maximum absolute atomic E-state index is 13.3. The molecule has 1 aromatic heterocycles. The molecular weight excluding hydrogens is 500 g/mol. The second-order valence-corrected chi connectivity index (χ2v) is 9.15. The first-order valence-electron chi connectivity index (χ1n) is 12.5. The Kier molecular flexibility index (Phi) is 7.23. The molecule has 9 heteroatoms. The predicted molar refractivity (Wildman–Crippen MR) is 145 cm³/mol. The molecule has 0 bridgehead atoms. The Hall–Kier alpha value is -4.79. The van der Waals surface area contributed by atoms with Crippen molar-refractivity contribution in [3.05, 3.63) is 71.8 Å². The third-order valence-corrected chi connectivity index (χ3v) is 6.65. The van der Waals surface area contributed by atoms with Gasteiger partial charge in [-0.1, -0.05) is 55.5 Å². The van der Waals surface area contributed by atoms with Gasteiger partial charge in [-0.3, -0.25) is 14.4 Å². The standard InChI is InChI=1S/C30H28N2O7/c1-17-15-23(33)39-21-16-22(36-2)28(29(37-3)24(17)21)38-14-13-31-30(35)27(34)25-19-11-7-8-12-20(19)32-26(25)18-9-5-4-6-10-18/h4-12,16-17,32H,13-15H2,1-3H3,(H,31,35). The van der Waals surface area contributed by atoms with Crippen LogP contribution >= 0.6 is 0 Å². The lowest BCUT2D eigenvalue weighted by atomic mass is 9.93. The minimum Gasteiger partial charge on any atom is -0.493 e. The Morgan fingerprint density at radius 1 is 1.03 bits per heavy atom. The summed E-state index contributed by atoms with van der Waals surface area (Å²) in [6.45, 7) is 2.00. The number of aromatic amines is 1. The van der Waals surface area contributed by atoms with Crippen LogP contribution in [0.15, 0.2) is 60.7 Å². The summed E-state index contributed by atoms with van der Waals surface area (Å²) in [5.41, 5.74) is 3.19. The average Bonchev–Trinajstić information content (AvgIpc) is 3.34. The zero-order valence-electron chi connectivity index (χ0n) is 21.8. The zero-order valence-corrected chi connectivity index (χ0v) is 21.8. The normalized spacial score (nSPS) is 14.3. The number of carbonyl (C=O) groups is 3. The van der Waals surface area contributed by atoms with E-state index in [4.69, 9.17) is 18.9 Å². The number of methoxy groups -OCH3 is 2. The van der Waals surface area contributed by atoms with E-state index < -0.39 is 11.7 Å². The quantitative estimate of drug-likeness (QED) is 0.107. The molecule has 0 saturated heterocycles. The van der Waals surface area contributed by atoms with Crippen molar-refractivity contribution in [2.75, 3.05) is 27.4 Å². The number of fused-ring (bicyclic) bond motifs is 2. The highest BCUT2D eigenvalue weighted by Gasteiger charge is 2.32. The van der Waals surface area contributed by atoms with Gasteiger partial charge in [-0.2, -0.15) is 0 Å². The number of H-pyrrole nitrogens is 1. The predicted octanol–water partition coefficient (Wildman–Crippen LogP) is 4.64. The summed E-state index contributed by atoms with van der Waals surface area (Å²) in [6, 6.07) is 18.4. The number of amides is 1. The molecule has 39 heavy (non-hydrogen) atoms. The molecule has 0 radical (unpaired) electrons. The van der Waals surface area contributed by atoms with Crippen molar-refractivity contribution in [2.24, 2.45) is 0 Å². The maximum atomic E-state index is 13.3. The number of esters is 1. The van der Waals surface area contributed by atoms with Crippen molar-refractivity contribution in [3.63, 3.8) is 0 Å². The highest BCUT2D eigenvalue weighted by atomic mass is 16.6. The highest BCUT2D eigenvalue weighted by molar-refractivity contribution is 6.46. The fourth-order valence-corrected chi connectivity index (χ4v) is 4.88. The van der Waals surface area contributed by atoms with Crippen molar-refractivity contribution in [2.45, 2.75) is 19.3 Å². The Balaban J connectivity index is 1.33. The van der Waals surface area contributed by atoms with Gasteiger partial charge < -0.3 is 29.2 Å². The van der Waals surface area contributed by atoms with E-state index in [1.807, 2.05) is 61.5 Å². The zero-order chi connectivity index (χ0) is 27.5. The van der Waals surface area contributed by atoms with Gasteiger partial charge in [-0.25, -0.2) is 0 Å². The van der Waals surface area contributed by atoms with E-state index >= 15 is 0 Å². The van der Waals surface area contributed by atoms with Crippen molar-refractivity contribution in [1.82, 2.24) is 10.3 Å². The highest BCUT2D eigenvalue weighted by Crippen LogP contribution is 2.50. The smallest absolute Gasteiger partial charge is 0.311 e. The summed E-state index contributed by atoms with van der Waals surface area (Å²) in [5.74, 6) is -0.447. The molecule has 1 aliphatic rings. The van der Waals surface area contributed by atoms with Crippen LogP contribution in [0.5, 0.6) is 23.0 Å². The second kappa shape index (κ2) is 10.9. The number of benzene rings is 3. The number of hydrogen-bond donors (Lipinski definition) is 2. The molecule has 0 fully saturated rings. The van der Waals surface area contributed by atoms with Crippen LogP contribution in [0.4, 0.5) is 0 Å². The van der Waals surface area contributed by atoms with Crippen LogP contribution in [0.3, 0.4) is 0 Å². The van der Waals surface area contributed by atoms with Crippen LogP contribution < -0.4 is 24.3 Å². The van der Waals surface area contributed by atoms with E-state index in [9.17, 15) is 14.4 Å². The Bertz CT molecular complexity index is 1560.